The molecule has 0 aliphatic heterocycles. The Morgan fingerprint density at radius 1 is 1.08 bits per heavy atom. The fourth-order valence-corrected chi connectivity index (χ4v) is 2.77. The van der Waals surface area contributed by atoms with Gasteiger partial charge in [-0.25, -0.2) is 0 Å². The number of benzene rings is 2. The van der Waals surface area contributed by atoms with Crippen LogP contribution in [-0.2, 0) is 6.42 Å². The number of halogens is 1. The lowest BCUT2D eigenvalue weighted by Gasteiger charge is -2.11. The largest absolute Gasteiger partial charge is 0.383 e. The molecule has 2 aromatic carbocycles. The van der Waals surface area contributed by atoms with Crippen LogP contribution in [0.4, 0.5) is 11.4 Å². The van der Waals surface area contributed by atoms with Crippen molar-refractivity contribution in [2.24, 2.45) is 0 Å². The second-order valence-corrected chi connectivity index (χ2v) is 6.40. The number of carbonyl (C=O) groups excluding carboxylic acids is 1. The molecule has 0 atom stereocenters. The number of amides is 1. The Labute approximate surface area is 158 Å². The van der Waals surface area contributed by atoms with Crippen LogP contribution >= 0.6 is 11.6 Å². The molecule has 0 fully saturated rings. The monoisotopic (exact) mass is 365 g/mol. The van der Waals surface area contributed by atoms with Gasteiger partial charge in [0.25, 0.3) is 5.91 Å². The van der Waals surface area contributed by atoms with E-state index in [0.29, 0.717) is 16.3 Å². The first-order chi connectivity index (χ1) is 12.6. The molecule has 0 spiro atoms. The maximum atomic E-state index is 12.5. The van der Waals surface area contributed by atoms with E-state index in [1.807, 2.05) is 37.3 Å². The van der Waals surface area contributed by atoms with Crippen LogP contribution < -0.4 is 10.6 Å². The smallest absolute Gasteiger partial charge is 0.257 e. The first-order valence-electron chi connectivity index (χ1n) is 8.43. The van der Waals surface area contributed by atoms with Crippen LogP contribution in [0.2, 0.25) is 5.02 Å². The van der Waals surface area contributed by atoms with Gasteiger partial charge in [-0.3, -0.25) is 9.78 Å². The summed E-state index contributed by atoms with van der Waals surface area (Å²) in [5, 5.41) is 6.82. The van der Waals surface area contributed by atoms with Gasteiger partial charge in [-0.2, -0.15) is 0 Å². The molecular formula is C21H20ClN3O. The number of hydrogen-bond acceptors (Lipinski definition) is 3. The number of nitrogens with zero attached hydrogens (tertiary/aromatic N) is 1. The summed E-state index contributed by atoms with van der Waals surface area (Å²) in [6, 6.07) is 17.5. The lowest BCUT2D eigenvalue weighted by Crippen LogP contribution is -2.14. The maximum absolute atomic E-state index is 12.5. The van der Waals surface area contributed by atoms with E-state index >= 15 is 0 Å². The zero-order chi connectivity index (χ0) is 18.4. The average Bonchev–Trinajstić information content (AvgIpc) is 2.66. The van der Waals surface area contributed by atoms with Crippen LogP contribution in [-0.4, -0.2) is 17.4 Å². The molecule has 0 aliphatic rings. The molecule has 3 rings (SSSR count). The second kappa shape index (κ2) is 8.50. The van der Waals surface area contributed by atoms with Crippen LogP contribution in [0.25, 0.3) is 0 Å². The van der Waals surface area contributed by atoms with Crippen molar-refractivity contribution in [2.45, 2.75) is 13.3 Å². The summed E-state index contributed by atoms with van der Waals surface area (Å²) >= 11 is 6.10. The lowest BCUT2D eigenvalue weighted by molar-refractivity contribution is 0.102. The van der Waals surface area contributed by atoms with Crippen LogP contribution in [0.5, 0.6) is 0 Å². The van der Waals surface area contributed by atoms with Gasteiger partial charge in [-0.15, -0.1) is 0 Å². The van der Waals surface area contributed by atoms with Crippen LogP contribution in [0.1, 0.15) is 21.5 Å². The third-order valence-corrected chi connectivity index (χ3v) is 4.51. The van der Waals surface area contributed by atoms with E-state index < -0.39 is 0 Å². The van der Waals surface area contributed by atoms with Crippen molar-refractivity contribution in [1.82, 2.24) is 4.98 Å². The lowest BCUT2D eigenvalue weighted by atomic mass is 10.1. The van der Waals surface area contributed by atoms with E-state index in [9.17, 15) is 4.79 Å². The second-order valence-electron chi connectivity index (χ2n) is 5.99. The van der Waals surface area contributed by atoms with Crippen LogP contribution in [0.3, 0.4) is 0 Å². The Bertz CT molecular complexity index is 897. The van der Waals surface area contributed by atoms with Gasteiger partial charge >= 0.3 is 0 Å². The number of anilines is 2. The Morgan fingerprint density at radius 2 is 1.88 bits per heavy atom. The molecule has 0 aliphatic carbocycles. The number of rotatable bonds is 6. The summed E-state index contributed by atoms with van der Waals surface area (Å²) in [6.07, 6.45) is 4.17. The van der Waals surface area contributed by atoms with Gasteiger partial charge in [0.05, 0.1) is 11.3 Å². The number of hydrogen-bond donors (Lipinski definition) is 2. The van der Waals surface area contributed by atoms with Crippen LogP contribution in [0.15, 0.2) is 67.0 Å². The van der Waals surface area contributed by atoms with Gasteiger partial charge in [0.1, 0.15) is 0 Å². The first-order valence-corrected chi connectivity index (χ1v) is 8.80. The topological polar surface area (TPSA) is 54.0 Å². The Balaban J connectivity index is 1.63. The molecule has 1 heterocycles. The Hall–Kier alpha value is -2.85. The van der Waals surface area contributed by atoms with Gasteiger partial charge in [0, 0.05) is 29.6 Å². The fourth-order valence-electron chi connectivity index (χ4n) is 2.59. The van der Waals surface area contributed by atoms with Gasteiger partial charge in [-0.05, 0) is 42.7 Å². The highest BCUT2D eigenvalue weighted by atomic mass is 35.5. The molecule has 1 amide bonds. The summed E-state index contributed by atoms with van der Waals surface area (Å²) in [4.78, 5) is 16.7. The van der Waals surface area contributed by atoms with E-state index in [1.54, 1.807) is 24.5 Å². The summed E-state index contributed by atoms with van der Waals surface area (Å²) in [6.45, 7) is 2.64. The highest BCUT2D eigenvalue weighted by Crippen LogP contribution is 2.23. The molecule has 2 N–H and O–H groups in total. The van der Waals surface area contributed by atoms with E-state index in [-0.39, 0.29) is 5.91 Å². The molecule has 3 aromatic rings. The summed E-state index contributed by atoms with van der Waals surface area (Å²) in [5.41, 5.74) is 4.11. The molecule has 1 aromatic heterocycles. The standard InChI is InChI=1S/C21H20ClN3O/c1-15-19(22)8-5-9-20(15)25-21(26)17-12-18(14-23-13-17)24-11-10-16-6-3-2-4-7-16/h2-9,12-14,24H,10-11H2,1H3,(H,25,26). The molecule has 0 unspecified atom stereocenters. The van der Waals surface area contributed by atoms with Crippen molar-refractivity contribution in [1.29, 1.82) is 0 Å². The molecule has 0 saturated carbocycles. The Morgan fingerprint density at radius 3 is 2.69 bits per heavy atom. The van der Waals surface area contributed by atoms with Gasteiger partial charge in [0.15, 0.2) is 0 Å². The minimum Gasteiger partial charge on any atom is -0.383 e. The maximum Gasteiger partial charge on any atom is 0.257 e. The molecular weight excluding hydrogens is 346 g/mol. The third-order valence-electron chi connectivity index (χ3n) is 4.10. The van der Waals surface area contributed by atoms with Crippen molar-refractivity contribution in [2.75, 3.05) is 17.2 Å². The quantitative estimate of drug-likeness (QED) is 0.649. The van der Waals surface area contributed by atoms with E-state index in [2.05, 4.69) is 27.8 Å². The molecule has 0 saturated heterocycles. The predicted molar refractivity (Wildman–Crippen MR) is 107 cm³/mol. The summed E-state index contributed by atoms with van der Waals surface area (Å²) < 4.78 is 0. The zero-order valence-electron chi connectivity index (χ0n) is 14.5. The number of nitrogens with one attached hydrogen (secondary N) is 2. The highest BCUT2D eigenvalue weighted by molar-refractivity contribution is 6.31. The predicted octanol–water partition coefficient (Wildman–Crippen LogP) is 4.95. The van der Waals surface area contributed by atoms with Crippen molar-refractivity contribution in [3.05, 3.63) is 88.7 Å². The summed E-state index contributed by atoms with van der Waals surface area (Å²) in [7, 11) is 0. The van der Waals surface area contributed by atoms with Crippen molar-refractivity contribution in [3.8, 4) is 0 Å². The van der Waals surface area contributed by atoms with Crippen molar-refractivity contribution >= 4 is 28.9 Å². The fraction of sp³-hybridized carbons (Fsp3) is 0.143. The SMILES string of the molecule is Cc1c(Cl)cccc1NC(=O)c1cncc(NCCc2ccccc2)c1. The van der Waals surface area contributed by atoms with E-state index in [1.165, 1.54) is 5.56 Å². The summed E-state index contributed by atoms with van der Waals surface area (Å²) in [5.74, 6) is -0.213. The Kier molecular flexibility index (Phi) is 5.87. The van der Waals surface area contributed by atoms with Gasteiger partial charge < -0.3 is 10.6 Å². The van der Waals surface area contributed by atoms with Crippen molar-refractivity contribution < 1.29 is 4.79 Å². The number of aromatic nitrogens is 1. The minimum atomic E-state index is -0.213. The molecule has 26 heavy (non-hydrogen) atoms. The molecule has 4 nitrogen and oxygen atoms in total. The number of carbonyl (C=O) groups is 1. The average molecular weight is 366 g/mol. The normalized spacial score (nSPS) is 10.4. The highest BCUT2D eigenvalue weighted by Gasteiger charge is 2.10. The molecule has 0 radical (unpaired) electrons. The third kappa shape index (κ3) is 4.61. The van der Waals surface area contributed by atoms with Crippen LogP contribution in [0, 0.1) is 6.92 Å². The van der Waals surface area contributed by atoms with Gasteiger partial charge in [-0.1, -0.05) is 48.0 Å². The minimum absolute atomic E-state index is 0.213. The molecule has 132 valence electrons. The van der Waals surface area contributed by atoms with E-state index in [4.69, 9.17) is 11.6 Å². The van der Waals surface area contributed by atoms with Gasteiger partial charge in [0.2, 0.25) is 0 Å². The first kappa shape index (κ1) is 18.0. The van der Waals surface area contributed by atoms with Crippen molar-refractivity contribution in [3.63, 3.8) is 0 Å². The molecule has 5 heteroatoms. The number of pyridine rings is 1. The van der Waals surface area contributed by atoms with E-state index in [0.717, 1.165) is 24.2 Å². The zero-order valence-corrected chi connectivity index (χ0v) is 15.3. The molecule has 0 bridgehead atoms.